The number of nitrogens with two attached hydrogens (primary N) is 1. The molecule has 2 aromatic carbocycles. The Morgan fingerprint density at radius 3 is 2.95 bits per heavy atom. The van der Waals surface area contributed by atoms with Crippen LogP contribution in [-0.2, 0) is 0 Å². The monoisotopic (exact) mass is 279 g/mol. The third-order valence-corrected chi connectivity index (χ3v) is 3.12. The number of anilines is 3. The highest BCUT2D eigenvalue weighted by molar-refractivity contribution is 5.82. The fourth-order valence-corrected chi connectivity index (χ4v) is 2.13. The van der Waals surface area contributed by atoms with Crippen molar-refractivity contribution >= 4 is 28.4 Å². The van der Waals surface area contributed by atoms with Gasteiger partial charge in [0.25, 0.3) is 0 Å². The molecule has 0 radical (unpaired) electrons. The molecular weight excluding hydrogens is 266 g/mol. The number of imidazole rings is 1. The van der Waals surface area contributed by atoms with E-state index < -0.39 is 0 Å². The lowest BCUT2D eigenvalue weighted by molar-refractivity contribution is 0.416. The summed E-state index contributed by atoms with van der Waals surface area (Å²) in [5.41, 5.74) is 9.08. The van der Waals surface area contributed by atoms with Gasteiger partial charge in [0.2, 0.25) is 5.95 Å². The van der Waals surface area contributed by atoms with Crippen molar-refractivity contribution < 1.29 is 4.74 Å². The first-order valence-corrected chi connectivity index (χ1v) is 6.30. The standard InChI is InChI=1S/C15H13N5O/c1-21-13-4-2-3-9(8-16)14(13)20-15-18-11-6-5-10(17)7-12(11)19-15/h2-7H,17H2,1H3,(H2,18,19,20). The molecule has 0 unspecified atom stereocenters. The van der Waals surface area contributed by atoms with Crippen molar-refractivity contribution in [3.63, 3.8) is 0 Å². The maximum absolute atomic E-state index is 9.20. The molecule has 3 aromatic rings. The van der Waals surface area contributed by atoms with Gasteiger partial charge in [0.05, 0.1) is 23.7 Å². The molecule has 104 valence electrons. The van der Waals surface area contributed by atoms with Crippen LogP contribution in [0, 0.1) is 11.3 Å². The SMILES string of the molecule is COc1cccc(C#N)c1Nc1nc2ccc(N)cc2[nH]1. The highest BCUT2D eigenvalue weighted by atomic mass is 16.5. The highest BCUT2D eigenvalue weighted by Crippen LogP contribution is 2.30. The minimum absolute atomic E-state index is 0.481. The Labute approximate surface area is 121 Å². The molecule has 0 saturated carbocycles. The highest BCUT2D eigenvalue weighted by Gasteiger charge is 2.11. The summed E-state index contributed by atoms with van der Waals surface area (Å²) in [5.74, 6) is 1.10. The van der Waals surface area contributed by atoms with Crippen molar-refractivity contribution in [2.45, 2.75) is 0 Å². The smallest absolute Gasteiger partial charge is 0.205 e. The number of methoxy groups -OCH3 is 1. The van der Waals surface area contributed by atoms with Crippen LogP contribution in [0.1, 0.15) is 5.56 Å². The Morgan fingerprint density at radius 2 is 2.19 bits per heavy atom. The van der Waals surface area contributed by atoms with Crippen molar-refractivity contribution in [2.24, 2.45) is 0 Å². The summed E-state index contributed by atoms with van der Waals surface area (Å²) >= 11 is 0. The molecule has 6 nitrogen and oxygen atoms in total. The number of ether oxygens (including phenoxy) is 1. The van der Waals surface area contributed by atoms with Crippen LogP contribution in [0.2, 0.25) is 0 Å². The summed E-state index contributed by atoms with van der Waals surface area (Å²) in [6, 6.07) is 12.8. The Bertz CT molecular complexity index is 847. The number of benzene rings is 2. The molecule has 0 aliphatic heterocycles. The molecular formula is C15H13N5O. The van der Waals surface area contributed by atoms with Gasteiger partial charge in [-0.1, -0.05) is 6.07 Å². The van der Waals surface area contributed by atoms with Crippen molar-refractivity contribution in [1.82, 2.24) is 9.97 Å². The molecule has 0 aliphatic rings. The lowest BCUT2D eigenvalue weighted by Crippen LogP contribution is -1.98. The van der Waals surface area contributed by atoms with Gasteiger partial charge in [-0.3, -0.25) is 0 Å². The van der Waals surface area contributed by atoms with Gasteiger partial charge in [-0.05, 0) is 30.3 Å². The first kappa shape index (κ1) is 12.8. The van der Waals surface area contributed by atoms with E-state index in [9.17, 15) is 5.26 Å². The lowest BCUT2D eigenvalue weighted by atomic mass is 10.2. The summed E-state index contributed by atoms with van der Waals surface area (Å²) in [6.45, 7) is 0. The van der Waals surface area contributed by atoms with Gasteiger partial charge in [0, 0.05) is 5.69 Å². The van der Waals surface area contributed by atoms with E-state index in [1.54, 1.807) is 37.4 Å². The number of hydrogen-bond donors (Lipinski definition) is 3. The van der Waals surface area contributed by atoms with Crippen LogP contribution in [-0.4, -0.2) is 17.1 Å². The Morgan fingerprint density at radius 1 is 1.33 bits per heavy atom. The summed E-state index contributed by atoms with van der Waals surface area (Å²) in [4.78, 5) is 7.53. The average Bonchev–Trinajstić information content (AvgIpc) is 2.88. The average molecular weight is 279 g/mol. The van der Waals surface area contributed by atoms with E-state index in [0.717, 1.165) is 11.0 Å². The van der Waals surface area contributed by atoms with E-state index in [2.05, 4.69) is 21.4 Å². The molecule has 21 heavy (non-hydrogen) atoms. The van der Waals surface area contributed by atoms with E-state index >= 15 is 0 Å². The van der Waals surface area contributed by atoms with E-state index in [1.165, 1.54) is 0 Å². The van der Waals surface area contributed by atoms with Crippen LogP contribution < -0.4 is 15.8 Å². The maximum atomic E-state index is 9.20. The minimum Gasteiger partial charge on any atom is -0.495 e. The number of aromatic amines is 1. The molecule has 0 amide bonds. The lowest BCUT2D eigenvalue weighted by Gasteiger charge is -2.10. The van der Waals surface area contributed by atoms with E-state index in [1.807, 2.05) is 6.07 Å². The first-order chi connectivity index (χ1) is 10.2. The molecule has 1 heterocycles. The van der Waals surface area contributed by atoms with Gasteiger partial charge in [-0.15, -0.1) is 0 Å². The third kappa shape index (κ3) is 2.32. The number of nitrogens with one attached hydrogen (secondary N) is 2. The van der Waals surface area contributed by atoms with Crippen LogP contribution in [0.4, 0.5) is 17.3 Å². The first-order valence-electron chi connectivity index (χ1n) is 6.30. The van der Waals surface area contributed by atoms with Crippen LogP contribution in [0.15, 0.2) is 36.4 Å². The quantitative estimate of drug-likeness (QED) is 0.640. The Balaban J connectivity index is 2.04. The van der Waals surface area contributed by atoms with Crippen molar-refractivity contribution in [1.29, 1.82) is 5.26 Å². The number of rotatable bonds is 3. The zero-order valence-corrected chi connectivity index (χ0v) is 11.3. The second-order valence-corrected chi connectivity index (χ2v) is 4.48. The van der Waals surface area contributed by atoms with E-state index in [0.29, 0.717) is 28.6 Å². The number of nitrogens with zero attached hydrogens (tertiary/aromatic N) is 2. The minimum atomic E-state index is 0.481. The molecule has 0 spiro atoms. The van der Waals surface area contributed by atoms with Gasteiger partial charge < -0.3 is 20.8 Å². The summed E-state index contributed by atoms with van der Waals surface area (Å²) in [6.07, 6.45) is 0. The molecule has 1 aromatic heterocycles. The molecule has 3 rings (SSSR count). The zero-order valence-electron chi connectivity index (χ0n) is 11.3. The van der Waals surface area contributed by atoms with E-state index in [-0.39, 0.29) is 0 Å². The molecule has 0 saturated heterocycles. The third-order valence-electron chi connectivity index (χ3n) is 3.12. The van der Waals surface area contributed by atoms with Crippen LogP contribution >= 0.6 is 0 Å². The van der Waals surface area contributed by atoms with Crippen LogP contribution in [0.25, 0.3) is 11.0 Å². The second kappa shape index (κ2) is 5.06. The van der Waals surface area contributed by atoms with Crippen LogP contribution in [0.5, 0.6) is 5.75 Å². The number of H-pyrrole nitrogens is 1. The number of aromatic nitrogens is 2. The molecule has 4 N–H and O–H groups in total. The maximum Gasteiger partial charge on any atom is 0.205 e. The summed E-state index contributed by atoms with van der Waals surface area (Å²) in [7, 11) is 1.56. The predicted octanol–water partition coefficient (Wildman–Crippen LogP) is 2.77. The number of para-hydroxylation sites is 1. The zero-order chi connectivity index (χ0) is 14.8. The summed E-state index contributed by atoms with van der Waals surface area (Å²) in [5, 5.41) is 12.3. The number of nitrogen functional groups attached to an aromatic ring is 1. The number of nitriles is 1. The molecule has 0 atom stereocenters. The predicted molar refractivity (Wildman–Crippen MR) is 81.5 cm³/mol. The van der Waals surface area contributed by atoms with Crippen LogP contribution in [0.3, 0.4) is 0 Å². The summed E-state index contributed by atoms with van der Waals surface area (Å²) < 4.78 is 5.28. The Hall–Kier alpha value is -3.20. The largest absolute Gasteiger partial charge is 0.495 e. The van der Waals surface area contributed by atoms with Crippen molar-refractivity contribution in [3.8, 4) is 11.8 Å². The topological polar surface area (TPSA) is 99.8 Å². The number of fused-ring (bicyclic) bond motifs is 1. The fourth-order valence-electron chi connectivity index (χ4n) is 2.13. The molecule has 0 aliphatic carbocycles. The van der Waals surface area contributed by atoms with Crippen molar-refractivity contribution in [3.05, 3.63) is 42.0 Å². The fraction of sp³-hybridized carbons (Fsp3) is 0.0667. The van der Waals surface area contributed by atoms with Gasteiger partial charge in [-0.2, -0.15) is 5.26 Å². The van der Waals surface area contributed by atoms with Gasteiger partial charge in [0.1, 0.15) is 17.5 Å². The van der Waals surface area contributed by atoms with Gasteiger partial charge >= 0.3 is 0 Å². The second-order valence-electron chi connectivity index (χ2n) is 4.48. The molecule has 6 heteroatoms. The Kier molecular flexibility index (Phi) is 3.09. The van der Waals surface area contributed by atoms with Gasteiger partial charge in [-0.25, -0.2) is 4.98 Å². The van der Waals surface area contributed by atoms with Gasteiger partial charge in [0.15, 0.2) is 0 Å². The van der Waals surface area contributed by atoms with E-state index in [4.69, 9.17) is 10.5 Å². The molecule has 0 fully saturated rings. The normalized spacial score (nSPS) is 10.3. The molecule has 0 bridgehead atoms. The number of hydrogen-bond acceptors (Lipinski definition) is 5. The van der Waals surface area contributed by atoms with Crippen molar-refractivity contribution in [2.75, 3.05) is 18.2 Å².